The molecular formula is C46H60N12O6. The number of aliphatic hydroxyl groups is 2. The number of nitrogens with one attached hydrogen (secondary N) is 3. The van der Waals surface area contributed by atoms with Gasteiger partial charge in [-0.25, -0.2) is 29.3 Å². The molecule has 1 aliphatic carbocycles. The Bertz CT molecular complexity index is 2520. The molecule has 2 saturated heterocycles. The first-order valence-corrected chi connectivity index (χ1v) is 22.5. The van der Waals surface area contributed by atoms with Gasteiger partial charge in [0.1, 0.15) is 48.6 Å². The van der Waals surface area contributed by atoms with E-state index >= 15 is 0 Å². The highest BCUT2D eigenvalue weighted by atomic mass is 16.5. The highest BCUT2D eigenvalue weighted by molar-refractivity contribution is 5.90. The van der Waals surface area contributed by atoms with Crippen LogP contribution in [0.2, 0.25) is 0 Å². The first kappa shape index (κ1) is 43.7. The Morgan fingerprint density at radius 1 is 0.781 bits per heavy atom. The maximum absolute atomic E-state index is 10.3. The van der Waals surface area contributed by atoms with Gasteiger partial charge in [-0.2, -0.15) is 10.2 Å². The molecule has 4 atom stereocenters. The molecular weight excluding hydrogens is 817 g/mol. The molecule has 0 spiro atoms. The van der Waals surface area contributed by atoms with Crippen molar-refractivity contribution in [1.29, 1.82) is 0 Å². The molecule has 6 heterocycles. The van der Waals surface area contributed by atoms with Crippen molar-refractivity contribution in [3.05, 3.63) is 60.9 Å². The number of fused-ring (bicyclic) bond motifs is 2. The lowest BCUT2D eigenvalue weighted by molar-refractivity contribution is -0.0131. The zero-order valence-corrected chi connectivity index (χ0v) is 37.1. The van der Waals surface area contributed by atoms with Crippen molar-refractivity contribution in [2.45, 2.75) is 81.9 Å². The van der Waals surface area contributed by atoms with Gasteiger partial charge >= 0.3 is 0 Å². The Morgan fingerprint density at radius 2 is 1.42 bits per heavy atom. The van der Waals surface area contributed by atoms with Gasteiger partial charge in [0.2, 0.25) is 0 Å². The largest absolute Gasteiger partial charge is 0.491 e. The smallest absolute Gasteiger partial charge is 0.164 e. The summed E-state index contributed by atoms with van der Waals surface area (Å²) in [5.41, 5.74) is 2.68. The number of rotatable bonds is 19. The number of morpholine rings is 1. The fourth-order valence-corrected chi connectivity index (χ4v) is 8.65. The molecule has 6 aromatic rings. The van der Waals surface area contributed by atoms with Crippen LogP contribution in [0, 0.1) is 0 Å². The van der Waals surface area contributed by atoms with Crippen molar-refractivity contribution in [1.82, 2.24) is 50.1 Å². The molecule has 9 rings (SSSR count). The first-order valence-electron chi connectivity index (χ1n) is 22.5. The van der Waals surface area contributed by atoms with E-state index in [1.807, 2.05) is 70.3 Å². The number of benzene rings is 2. The Balaban J connectivity index is 0.964. The van der Waals surface area contributed by atoms with E-state index in [0.717, 1.165) is 70.5 Å². The van der Waals surface area contributed by atoms with E-state index in [1.165, 1.54) is 0 Å². The minimum atomic E-state index is -0.636. The predicted octanol–water partition coefficient (Wildman–Crippen LogP) is 4.17. The average molecular weight is 877 g/mol. The molecule has 0 amide bonds. The number of aromatic nitrogens is 8. The number of likely N-dealkylation sites (N-methyl/N-ethyl adjacent to an activating group) is 2. The van der Waals surface area contributed by atoms with Crippen LogP contribution >= 0.6 is 0 Å². The molecule has 2 aliphatic heterocycles. The zero-order chi connectivity index (χ0) is 44.2. The number of hydrogen-bond donors (Lipinski definition) is 5. The Hall–Kier alpha value is -5.50. The van der Waals surface area contributed by atoms with Gasteiger partial charge in [-0.05, 0) is 84.3 Å². The number of ether oxygens (including phenoxy) is 4. The van der Waals surface area contributed by atoms with Crippen molar-refractivity contribution < 1.29 is 29.2 Å². The molecule has 3 fully saturated rings. The van der Waals surface area contributed by atoms with Gasteiger partial charge in [0.25, 0.3) is 0 Å². The zero-order valence-electron chi connectivity index (χ0n) is 37.1. The maximum atomic E-state index is 10.3. The summed E-state index contributed by atoms with van der Waals surface area (Å²) in [6.45, 7) is 8.82. The van der Waals surface area contributed by atoms with Crippen LogP contribution in [-0.2, 0) is 15.0 Å². The van der Waals surface area contributed by atoms with Gasteiger partial charge in [-0.1, -0.05) is 24.3 Å². The molecule has 340 valence electrons. The van der Waals surface area contributed by atoms with Crippen molar-refractivity contribution in [3.8, 4) is 34.3 Å². The molecule has 4 unspecified atom stereocenters. The quantitative estimate of drug-likeness (QED) is 0.0775. The number of anilines is 2. The number of aliphatic hydroxyl groups excluding tert-OH is 2. The number of nitrogens with zero attached hydrogens (tertiary/aromatic N) is 9. The lowest BCUT2D eigenvalue weighted by Crippen LogP contribution is -2.40. The average Bonchev–Trinajstić information content (AvgIpc) is 3.89. The summed E-state index contributed by atoms with van der Waals surface area (Å²) in [4.78, 5) is 22.7. The summed E-state index contributed by atoms with van der Waals surface area (Å²) in [6, 6.07) is 15.8. The fourth-order valence-electron chi connectivity index (χ4n) is 8.65. The summed E-state index contributed by atoms with van der Waals surface area (Å²) >= 11 is 0. The van der Waals surface area contributed by atoms with Crippen LogP contribution in [0.1, 0.15) is 52.0 Å². The van der Waals surface area contributed by atoms with Crippen LogP contribution in [0.4, 0.5) is 11.6 Å². The van der Waals surface area contributed by atoms with Gasteiger partial charge in [-0.3, -0.25) is 0 Å². The minimum absolute atomic E-state index is 0.0781. The summed E-state index contributed by atoms with van der Waals surface area (Å²) in [5, 5.41) is 41.8. The van der Waals surface area contributed by atoms with E-state index in [4.69, 9.17) is 49.1 Å². The third-order valence-corrected chi connectivity index (χ3v) is 12.0. The van der Waals surface area contributed by atoms with E-state index in [0.29, 0.717) is 81.6 Å². The lowest BCUT2D eigenvalue weighted by atomic mass is 9.91. The van der Waals surface area contributed by atoms with Crippen LogP contribution in [0.5, 0.6) is 11.5 Å². The first-order chi connectivity index (χ1) is 31.1. The second kappa shape index (κ2) is 19.3. The van der Waals surface area contributed by atoms with Crippen LogP contribution in [-0.4, -0.2) is 147 Å². The molecule has 2 aromatic carbocycles. The van der Waals surface area contributed by atoms with E-state index < -0.39 is 17.7 Å². The topological polar surface area (TPSA) is 204 Å². The van der Waals surface area contributed by atoms with E-state index in [-0.39, 0.29) is 25.4 Å². The normalized spacial score (nSPS) is 19.2. The van der Waals surface area contributed by atoms with Crippen LogP contribution in [0.3, 0.4) is 0 Å². The third kappa shape index (κ3) is 9.91. The van der Waals surface area contributed by atoms with E-state index in [2.05, 4.69) is 34.7 Å². The lowest BCUT2D eigenvalue weighted by Gasteiger charge is -2.36. The minimum Gasteiger partial charge on any atom is -0.491 e. The maximum Gasteiger partial charge on any atom is 0.164 e. The molecule has 1 saturated carbocycles. The molecule has 18 nitrogen and oxygen atoms in total. The van der Waals surface area contributed by atoms with Gasteiger partial charge in [0.15, 0.2) is 22.9 Å². The van der Waals surface area contributed by atoms with Gasteiger partial charge in [-0.15, -0.1) is 0 Å². The molecule has 0 bridgehead atoms. The fraction of sp³-hybridized carbons (Fsp3) is 0.522. The molecule has 3 aliphatic rings. The van der Waals surface area contributed by atoms with Gasteiger partial charge in [0, 0.05) is 50.0 Å². The molecule has 64 heavy (non-hydrogen) atoms. The summed E-state index contributed by atoms with van der Waals surface area (Å²) < 4.78 is 28.2. The third-order valence-electron chi connectivity index (χ3n) is 12.0. The van der Waals surface area contributed by atoms with Gasteiger partial charge in [0.05, 0.1) is 54.1 Å². The van der Waals surface area contributed by atoms with Crippen molar-refractivity contribution in [3.63, 3.8) is 0 Å². The van der Waals surface area contributed by atoms with Crippen LogP contribution in [0.25, 0.3) is 44.8 Å². The summed E-state index contributed by atoms with van der Waals surface area (Å²) in [7, 11) is 3.60. The van der Waals surface area contributed by atoms with Crippen LogP contribution in [0.15, 0.2) is 60.9 Å². The van der Waals surface area contributed by atoms with Crippen molar-refractivity contribution in [2.75, 3.05) is 83.5 Å². The Morgan fingerprint density at radius 3 is 2.08 bits per heavy atom. The molecule has 0 radical (unpaired) electrons. The highest BCUT2D eigenvalue weighted by Crippen LogP contribution is 2.39. The van der Waals surface area contributed by atoms with E-state index in [9.17, 15) is 10.2 Å². The SMILES string of the molecule is CNCC(O)COc1cccc(-c2nc(NC3CCOC(CC(C)(C)n4ncc5c(N6CCOCC6)nc(-c6cccc(OCC(O)CNC)c6)nc54)C3)c3cnn(C4CC4)c3n2)c1. The van der Waals surface area contributed by atoms with Crippen LogP contribution < -0.4 is 30.3 Å². The Labute approximate surface area is 372 Å². The molecule has 5 N–H and O–H groups in total. The highest BCUT2D eigenvalue weighted by Gasteiger charge is 2.34. The Kier molecular flexibility index (Phi) is 13.2. The van der Waals surface area contributed by atoms with Gasteiger partial charge < -0.3 is 50.0 Å². The predicted molar refractivity (Wildman–Crippen MR) is 244 cm³/mol. The molecule has 4 aromatic heterocycles. The number of hydrogen-bond acceptors (Lipinski definition) is 16. The molecule has 18 heteroatoms. The second-order valence-corrected chi connectivity index (χ2v) is 17.7. The van der Waals surface area contributed by atoms with E-state index in [1.54, 1.807) is 14.1 Å². The summed E-state index contributed by atoms with van der Waals surface area (Å²) in [5.74, 6) is 3.97. The summed E-state index contributed by atoms with van der Waals surface area (Å²) in [6.07, 6.45) is 6.84. The standard InChI is InChI=1S/C46H60N12O6/c1-46(2,58-45-39(26-50-58)43(56-14-17-61-18-15-56)53-41(55-45)30-8-6-10-36(20-30)64-28-34(60)24-48-4)22-37-21-31(13-16-62-37)51-42-38-25-49-57(32-11-12-32)44(38)54-40(52-42)29-7-5-9-35(19-29)63-27-33(59)23-47-3/h5-10,19-20,25-26,31-34,37,47-48,59-60H,11-18,21-24,27-28H2,1-4H3,(H,51,52,54). The van der Waals surface area contributed by atoms with Crippen molar-refractivity contribution >= 4 is 33.7 Å². The monoisotopic (exact) mass is 876 g/mol. The van der Waals surface area contributed by atoms with Crippen molar-refractivity contribution in [2.24, 2.45) is 0 Å². The second-order valence-electron chi connectivity index (χ2n) is 17.7.